The minimum absolute atomic E-state index is 0.573. The van der Waals surface area contributed by atoms with E-state index in [0.29, 0.717) is 6.10 Å². The van der Waals surface area contributed by atoms with E-state index in [-0.39, 0.29) is 0 Å². The Labute approximate surface area is 118 Å². The smallest absolute Gasteiger partial charge is 0.0576 e. The van der Waals surface area contributed by atoms with Crippen LogP contribution in [0.5, 0.6) is 0 Å². The first-order valence-electron chi connectivity index (χ1n) is 8.46. The number of piperazine rings is 1. The zero-order valence-electron chi connectivity index (χ0n) is 12.4. The van der Waals surface area contributed by atoms with E-state index in [4.69, 9.17) is 4.74 Å². The Hall–Kier alpha value is -0.120. The molecule has 0 aromatic carbocycles. The minimum atomic E-state index is 0.573. The summed E-state index contributed by atoms with van der Waals surface area (Å²) in [5.74, 6) is 0.994. The Morgan fingerprint density at radius 2 is 2.16 bits per heavy atom. The first kappa shape index (κ1) is 13.8. The van der Waals surface area contributed by atoms with Crippen molar-refractivity contribution in [1.29, 1.82) is 0 Å². The molecule has 3 aliphatic rings. The van der Waals surface area contributed by atoms with Gasteiger partial charge in [0.15, 0.2) is 0 Å². The highest BCUT2D eigenvalue weighted by molar-refractivity contribution is 4.94. The second kappa shape index (κ2) is 6.55. The van der Waals surface area contributed by atoms with Crippen LogP contribution in [0, 0.1) is 5.92 Å². The third-order valence-electron chi connectivity index (χ3n) is 5.19. The Balaban J connectivity index is 1.44. The van der Waals surface area contributed by atoms with Crippen LogP contribution in [0.2, 0.25) is 0 Å². The molecule has 2 heterocycles. The second-order valence-electron chi connectivity index (χ2n) is 6.69. The summed E-state index contributed by atoms with van der Waals surface area (Å²) in [6, 6.07) is 1.55. The molecule has 3 fully saturated rings. The van der Waals surface area contributed by atoms with Gasteiger partial charge in [0.25, 0.3) is 0 Å². The molecule has 2 saturated heterocycles. The molecule has 3 atom stereocenters. The van der Waals surface area contributed by atoms with Crippen molar-refractivity contribution in [3.8, 4) is 0 Å². The fraction of sp³-hybridized carbons (Fsp3) is 1.00. The molecule has 3 unspecified atom stereocenters. The average Bonchev–Trinajstić information content (AvgIpc) is 3.16. The van der Waals surface area contributed by atoms with Gasteiger partial charge in [-0.2, -0.15) is 0 Å². The van der Waals surface area contributed by atoms with Crippen molar-refractivity contribution in [3.63, 3.8) is 0 Å². The summed E-state index contributed by atoms with van der Waals surface area (Å²) in [4.78, 5) is 2.79. The van der Waals surface area contributed by atoms with Gasteiger partial charge in [-0.25, -0.2) is 0 Å². The van der Waals surface area contributed by atoms with E-state index in [1.165, 1.54) is 64.6 Å². The lowest BCUT2D eigenvalue weighted by Crippen LogP contribution is -2.57. The first-order valence-corrected chi connectivity index (χ1v) is 8.46. The standard InChI is InChI=1S/C16H30N2O/c1-2-14-12-18(16(11-17-14)13-7-8-13)9-3-5-15-6-4-10-19-15/h13-17H,2-12H2,1H3. The van der Waals surface area contributed by atoms with Crippen molar-refractivity contribution in [2.75, 3.05) is 26.2 Å². The van der Waals surface area contributed by atoms with Crippen LogP contribution in [-0.4, -0.2) is 49.3 Å². The van der Waals surface area contributed by atoms with Crippen LogP contribution < -0.4 is 5.32 Å². The van der Waals surface area contributed by atoms with Gasteiger partial charge in [-0.15, -0.1) is 0 Å². The monoisotopic (exact) mass is 266 g/mol. The molecule has 0 bridgehead atoms. The van der Waals surface area contributed by atoms with Crippen LogP contribution in [-0.2, 0) is 4.74 Å². The van der Waals surface area contributed by atoms with E-state index in [1.54, 1.807) is 0 Å². The molecule has 1 aliphatic carbocycles. The van der Waals surface area contributed by atoms with Crippen LogP contribution in [0.25, 0.3) is 0 Å². The minimum Gasteiger partial charge on any atom is -0.378 e. The number of hydrogen-bond acceptors (Lipinski definition) is 3. The predicted octanol–water partition coefficient (Wildman–Crippen LogP) is 2.41. The zero-order chi connectivity index (χ0) is 13.1. The van der Waals surface area contributed by atoms with Gasteiger partial charge >= 0.3 is 0 Å². The lowest BCUT2D eigenvalue weighted by atomic mass is 10.0. The van der Waals surface area contributed by atoms with Crippen LogP contribution in [0.15, 0.2) is 0 Å². The predicted molar refractivity (Wildman–Crippen MR) is 78.4 cm³/mol. The summed E-state index contributed by atoms with van der Waals surface area (Å²) in [6.45, 7) is 7.09. The topological polar surface area (TPSA) is 24.5 Å². The molecule has 3 rings (SSSR count). The Morgan fingerprint density at radius 3 is 2.84 bits per heavy atom. The molecule has 110 valence electrons. The fourth-order valence-corrected chi connectivity index (χ4v) is 3.77. The van der Waals surface area contributed by atoms with Crippen LogP contribution in [0.3, 0.4) is 0 Å². The number of nitrogens with zero attached hydrogens (tertiary/aromatic N) is 1. The van der Waals surface area contributed by atoms with Crippen molar-refractivity contribution < 1.29 is 4.74 Å². The largest absolute Gasteiger partial charge is 0.378 e. The van der Waals surface area contributed by atoms with Crippen molar-refractivity contribution in [3.05, 3.63) is 0 Å². The molecule has 3 heteroatoms. The number of ether oxygens (including phenoxy) is 1. The van der Waals surface area contributed by atoms with Crippen LogP contribution in [0.1, 0.15) is 51.9 Å². The Kier molecular flexibility index (Phi) is 4.78. The van der Waals surface area contributed by atoms with Crippen molar-refractivity contribution in [2.24, 2.45) is 5.92 Å². The van der Waals surface area contributed by atoms with Gasteiger partial charge in [-0.3, -0.25) is 4.90 Å². The number of rotatable bonds is 6. The molecule has 19 heavy (non-hydrogen) atoms. The van der Waals surface area contributed by atoms with Gasteiger partial charge in [0, 0.05) is 31.8 Å². The Bertz CT molecular complexity index is 274. The summed E-state index contributed by atoms with van der Waals surface area (Å²) in [7, 11) is 0. The zero-order valence-corrected chi connectivity index (χ0v) is 12.4. The van der Waals surface area contributed by atoms with E-state index in [2.05, 4.69) is 17.1 Å². The molecule has 0 spiro atoms. The van der Waals surface area contributed by atoms with Crippen LogP contribution in [0.4, 0.5) is 0 Å². The lowest BCUT2D eigenvalue weighted by Gasteiger charge is -2.40. The second-order valence-corrected chi connectivity index (χ2v) is 6.69. The van der Waals surface area contributed by atoms with E-state index in [1.807, 2.05) is 0 Å². The average molecular weight is 266 g/mol. The summed E-state index contributed by atoms with van der Waals surface area (Å²) in [5.41, 5.74) is 0. The van der Waals surface area contributed by atoms with E-state index in [0.717, 1.165) is 24.6 Å². The molecule has 0 amide bonds. The summed E-state index contributed by atoms with van der Waals surface area (Å²) in [5, 5.41) is 3.74. The highest BCUT2D eigenvalue weighted by atomic mass is 16.5. The maximum absolute atomic E-state index is 5.74. The highest BCUT2D eigenvalue weighted by Crippen LogP contribution is 2.36. The van der Waals surface area contributed by atoms with Gasteiger partial charge in [0.05, 0.1) is 6.10 Å². The molecule has 0 aromatic heterocycles. The highest BCUT2D eigenvalue weighted by Gasteiger charge is 2.38. The third-order valence-corrected chi connectivity index (χ3v) is 5.19. The van der Waals surface area contributed by atoms with Gasteiger partial charge in [-0.05, 0) is 57.4 Å². The van der Waals surface area contributed by atoms with Gasteiger partial charge in [-0.1, -0.05) is 6.92 Å². The van der Waals surface area contributed by atoms with E-state index in [9.17, 15) is 0 Å². The van der Waals surface area contributed by atoms with Gasteiger partial charge < -0.3 is 10.1 Å². The molecule has 0 aromatic rings. The molecule has 3 nitrogen and oxygen atoms in total. The van der Waals surface area contributed by atoms with Crippen molar-refractivity contribution >= 4 is 0 Å². The maximum atomic E-state index is 5.74. The normalized spacial score (nSPS) is 36.8. The van der Waals surface area contributed by atoms with Gasteiger partial charge in [0.2, 0.25) is 0 Å². The molecule has 2 aliphatic heterocycles. The Morgan fingerprint density at radius 1 is 1.26 bits per heavy atom. The first-order chi connectivity index (χ1) is 9.36. The number of hydrogen-bond donors (Lipinski definition) is 1. The molecular formula is C16H30N2O. The fourth-order valence-electron chi connectivity index (χ4n) is 3.77. The molecule has 1 N–H and O–H groups in total. The molecule has 0 radical (unpaired) electrons. The summed E-state index contributed by atoms with van der Waals surface area (Å²) in [6.07, 6.45) is 9.94. The number of nitrogens with one attached hydrogen (secondary N) is 1. The van der Waals surface area contributed by atoms with Crippen molar-refractivity contribution in [1.82, 2.24) is 10.2 Å². The molecular weight excluding hydrogens is 236 g/mol. The quantitative estimate of drug-likeness (QED) is 0.799. The third kappa shape index (κ3) is 3.71. The van der Waals surface area contributed by atoms with Gasteiger partial charge in [0.1, 0.15) is 0 Å². The summed E-state index contributed by atoms with van der Waals surface area (Å²) >= 11 is 0. The SMILES string of the molecule is CCC1CN(CCCC2CCCO2)C(C2CC2)CN1. The maximum Gasteiger partial charge on any atom is 0.0576 e. The van der Waals surface area contributed by atoms with E-state index < -0.39 is 0 Å². The lowest BCUT2D eigenvalue weighted by molar-refractivity contribution is 0.0830. The van der Waals surface area contributed by atoms with Crippen molar-refractivity contribution in [2.45, 2.75) is 70.1 Å². The van der Waals surface area contributed by atoms with Crippen LogP contribution >= 0.6 is 0 Å². The molecule has 1 saturated carbocycles. The summed E-state index contributed by atoms with van der Waals surface area (Å²) < 4.78 is 5.74. The van der Waals surface area contributed by atoms with E-state index >= 15 is 0 Å².